The number of hydrogen-bond acceptors (Lipinski definition) is 3. The van der Waals surface area contributed by atoms with Crippen molar-refractivity contribution in [3.8, 4) is 0 Å². The molecule has 0 aromatic carbocycles. The summed E-state index contributed by atoms with van der Waals surface area (Å²) in [7, 11) is 0. The zero-order valence-corrected chi connectivity index (χ0v) is 11.0. The van der Waals surface area contributed by atoms with Gasteiger partial charge in [0.2, 0.25) is 0 Å². The van der Waals surface area contributed by atoms with E-state index in [4.69, 9.17) is 5.73 Å². The van der Waals surface area contributed by atoms with Gasteiger partial charge >= 0.3 is 0 Å². The number of halogens is 1. The molecule has 1 aromatic rings. The molecule has 0 amide bonds. The molecular weight excluding hydrogens is 260 g/mol. The van der Waals surface area contributed by atoms with Crippen LogP contribution in [0.1, 0.15) is 29.1 Å². The second-order valence-corrected chi connectivity index (χ2v) is 5.44. The Kier molecular flexibility index (Phi) is 5.09. The highest BCUT2D eigenvalue weighted by Crippen LogP contribution is 2.30. The Balaban J connectivity index is 2.68. The van der Waals surface area contributed by atoms with Crippen molar-refractivity contribution in [1.82, 2.24) is 5.32 Å². The van der Waals surface area contributed by atoms with Crippen LogP contribution in [0.25, 0.3) is 0 Å². The molecule has 1 aromatic heterocycles. The molecule has 1 atom stereocenters. The SMILES string of the molecule is CCCNC(CN)c1cc(Br)c(C)s1. The molecule has 1 unspecified atom stereocenters. The maximum Gasteiger partial charge on any atom is 0.0539 e. The van der Waals surface area contributed by atoms with Crippen molar-refractivity contribution in [2.24, 2.45) is 5.73 Å². The topological polar surface area (TPSA) is 38.0 Å². The molecule has 4 heteroatoms. The van der Waals surface area contributed by atoms with Gasteiger partial charge in [0, 0.05) is 20.8 Å². The van der Waals surface area contributed by atoms with Crippen LogP contribution < -0.4 is 11.1 Å². The monoisotopic (exact) mass is 276 g/mol. The van der Waals surface area contributed by atoms with E-state index in [1.807, 2.05) is 11.3 Å². The van der Waals surface area contributed by atoms with Gasteiger partial charge in [0.1, 0.15) is 0 Å². The molecule has 0 radical (unpaired) electrons. The first-order valence-electron chi connectivity index (χ1n) is 4.88. The molecule has 0 aliphatic carbocycles. The molecule has 1 rings (SSSR count). The van der Waals surface area contributed by atoms with Crippen LogP contribution >= 0.6 is 27.3 Å². The summed E-state index contributed by atoms with van der Waals surface area (Å²) < 4.78 is 1.19. The van der Waals surface area contributed by atoms with Gasteiger partial charge in [-0.05, 0) is 41.9 Å². The zero-order valence-electron chi connectivity index (χ0n) is 8.64. The Hall–Kier alpha value is 0.1000. The van der Waals surface area contributed by atoms with Gasteiger partial charge in [0.25, 0.3) is 0 Å². The highest BCUT2D eigenvalue weighted by molar-refractivity contribution is 9.10. The lowest BCUT2D eigenvalue weighted by Gasteiger charge is -2.14. The van der Waals surface area contributed by atoms with Crippen LogP contribution in [0.5, 0.6) is 0 Å². The molecule has 3 N–H and O–H groups in total. The number of hydrogen-bond donors (Lipinski definition) is 2. The highest BCUT2D eigenvalue weighted by Gasteiger charge is 2.12. The van der Waals surface area contributed by atoms with Crippen molar-refractivity contribution in [2.75, 3.05) is 13.1 Å². The molecule has 0 saturated carbocycles. The predicted molar refractivity (Wildman–Crippen MR) is 66.8 cm³/mol. The molecule has 0 fully saturated rings. The van der Waals surface area contributed by atoms with Crippen LogP contribution in [0, 0.1) is 6.92 Å². The molecule has 2 nitrogen and oxygen atoms in total. The van der Waals surface area contributed by atoms with Crippen molar-refractivity contribution in [2.45, 2.75) is 26.3 Å². The minimum absolute atomic E-state index is 0.310. The minimum Gasteiger partial charge on any atom is -0.329 e. The standard InChI is InChI=1S/C10H17BrN2S/c1-3-4-13-9(6-12)10-5-8(11)7(2)14-10/h5,9,13H,3-4,6,12H2,1-2H3. The molecular formula is C10H17BrN2S. The van der Waals surface area contributed by atoms with Gasteiger partial charge in [-0.3, -0.25) is 0 Å². The normalized spacial score (nSPS) is 13.1. The number of nitrogens with one attached hydrogen (secondary N) is 1. The summed E-state index contributed by atoms with van der Waals surface area (Å²) in [4.78, 5) is 2.64. The van der Waals surface area contributed by atoms with Gasteiger partial charge in [-0.1, -0.05) is 6.92 Å². The van der Waals surface area contributed by atoms with Gasteiger partial charge in [0.15, 0.2) is 0 Å². The first-order chi connectivity index (χ1) is 6.69. The van der Waals surface area contributed by atoms with E-state index in [2.05, 4.69) is 41.2 Å². The maximum atomic E-state index is 5.73. The second-order valence-electron chi connectivity index (χ2n) is 3.30. The van der Waals surface area contributed by atoms with Gasteiger partial charge in [-0.2, -0.15) is 0 Å². The van der Waals surface area contributed by atoms with E-state index in [-0.39, 0.29) is 0 Å². The van der Waals surface area contributed by atoms with Gasteiger partial charge in [-0.15, -0.1) is 11.3 Å². The van der Waals surface area contributed by atoms with E-state index in [9.17, 15) is 0 Å². The van der Waals surface area contributed by atoms with Crippen LogP contribution in [0.2, 0.25) is 0 Å². The summed E-state index contributed by atoms with van der Waals surface area (Å²) in [6, 6.07) is 2.48. The maximum absolute atomic E-state index is 5.73. The second kappa shape index (κ2) is 5.85. The van der Waals surface area contributed by atoms with E-state index >= 15 is 0 Å². The molecule has 0 spiro atoms. The van der Waals surface area contributed by atoms with Crippen LogP contribution in [0.4, 0.5) is 0 Å². The van der Waals surface area contributed by atoms with E-state index in [1.54, 1.807) is 0 Å². The fourth-order valence-electron chi connectivity index (χ4n) is 1.27. The summed E-state index contributed by atoms with van der Waals surface area (Å²) >= 11 is 5.33. The smallest absolute Gasteiger partial charge is 0.0539 e. The molecule has 0 aliphatic rings. The number of thiophene rings is 1. The van der Waals surface area contributed by atoms with Crippen molar-refractivity contribution in [1.29, 1.82) is 0 Å². The molecule has 0 bridgehead atoms. The minimum atomic E-state index is 0.310. The van der Waals surface area contributed by atoms with Crippen LogP contribution in [-0.2, 0) is 0 Å². The number of aryl methyl sites for hydroxylation is 1. The van der Waals surface area contributed by atoms with Crippen LogP contribution in [-0.4, -0.2) is 13.1 Å². The van der Waals surface area contributed by atoms with Gasteiger partial charge < -0.3 is 11.1 Å². The largest absolute Gasteiger partial charge is 0.329 e. The van der Waals surface area contributed by atoms with Crippen molar-refractivity contribution in [3.63, 3.8) is 0 Å². The fourth-order valence-corrected chi connectivity index (χ4v) is 2.92. The average molecular weight is 277 g/mol. The van der Waals surface area contributed by atoms with Crippen molar-refractivity contribution >= 4 is 27.3 Å². The Labute approximate surface area is 98.0 Å². The van der Waals surface area contributed by atoms with Crippen molar-refractivity contribution < 1.29 is 0 Å². The third kappa shape index (κ3) is 3.05. The molecule has 0 aliphatic heterocycles. The summed E-state index contributed by atoms with van der Waals surface area (Å²) in [5, 5.41) is 3.44. The summed E-state index contributed by atoms with van der Waals surface area (Å²) in [6.45, 7) is 5.96. The summed E-state index contributed by atoms with van der Waals surface area (Å²) in [5.41, 5.74) is 5.73. The lowest BCUT2D eigenvalue weighted by molar-refractivity contribution is 0.547. The quantitative estimate of drug-likeness (QED) is 0.868. The molecule has 0 saturated heterocycles. The first kappa shape index (κ1) is 12.2. The number of rotatable bonds is 5. The highest BCUT2D eigenvalue weighted by atomic mass is 79.9. The predicted octanol–water partition coefficient (Wildman–Crippen LogP) is 2.82. The Morgan fingerprint density at radius 1 is 1.64 bits per heavy atom. The third-order valence-corrected chi connectivity index (χ3v) is 4.35. The van der Waals surface area contributed by atoms with Gasteiger partial charge in [0.05, 0.1) is 6.04 Å². The molecule has 80 valence electrons. The van der Waals surface area contributed by atoms with Crippen LogP contribution in [0.15, 0.2) is 10.5 Å². The van der Waals surface area contributed by atoms with Gasteiger partial charge in [-0.25, -0.2) is 0 Å². The van der Waals surface area contributed by atoms with E-state index < -0.39 is 0 Å². The first-order valence-corrected chi connectivity index (χ1v) is 6.49. The Morgan fingerprint density at radius 3 is 2.79 bits per heavy atom. The fraction of sp³-hybridized carbons (Fsp3) is 0.600. The molecule has 1 heterocycles. The summed E-state index contributed by atoms with van der Waals surface area (Å²) in [6.07, 6.45) is 1.14. The molecule has 14 heavy (non-hydrogen) atoms. The van der Waals surface area contributed by atoms with E-state index in [0.29, 0.717) is 12.6 Å². The Morgan fingerprint density at radius 2 is 2.36 bits per heavy atom. The lowest BCUT2D eigenvalue weighted by Crippen LogP contribution is -2.27. The van der Waals surface area contributed by atoms with E-state index in [0.717, 1.165) is 13.0 Å². The van der Waals surface area contributed by atoms with Crippen molar-refractivity contribution in [3.05, 3.63) is 20.3 Å². The average Bonchev–Trinajstić information content (AvgIpc) is 2.48. The Bertz CT molecular complexity index is 266. The summed E-state index contributed by atoms with van der Waals surface area (Å²) in [5.74, 6) is 0. The number of nitrogens with two attached hydrogens (primary N) is 1. The van der Waals surface area contributed by atoms with E-state index in [1.165, 1.54) is 14.2 Å². The van der Waals surface area contributed by atoms with Crippen LogP contribution in [0.3, 0.4) is 0 Å². The lowest BCUT2D eigenvalue weighted by atomic mass is 10.2. The zero-order chi connectivity index (χ0) is 10.6. The third-order valence-electron chi connectivity index (χ3n) is 2.10.